The van der Waals surface area contributed by atoms with E-state index in [4.69, 9.17) is 9.47 Å². The van der Waals surface area contributed by atoms with Crippen LogP contribution in [0.25, 0.3) is 0 Å². The fourth-order valence-electron chi connectivity index (χ4n) is 2.59. The van der Waals surface area contributed by atoms with Gasteiger partial charge in [-0.2, -0.15) is 0 Å². The number of benzene rings is 1. The molecule has 1 aromatic carbocycles. The van der Waals surface area contributed by atoms with Gasteiger partial charge in [-0.25, -0.2) is 0 Å². The molecule has 0 bridgehead atoms. The molecular weight excluding hydrogens is 252 g/mol. The molecule has 0 atom stereocenters. The first-order valence-electron chi connectivity index (χ1n) is 7.67. The van der Waals surface area contributed by atoms with Crippen molar-refractivity contribution in [2.75, 3.05) is 13.2 Å². The zero-order valence-corrected chi connectivity index (χ0v) is 12.3. The highest BCUT2D eigenvalue weighted by molar-refractivity contribution is 5.97. The van der Waals surface area contributed by atoms with E-state index in [2.05, 4.69) is 0 Å². The van der Waals surface area contributed by atoms with Gasteiger partial charge >= 0.3 is 0 Å². The number of rotatable bonds is 6. The second-order valence-electron chi connectivity index (χ2n) is 5.31. The Kier molecular flexibility index (Phi) is 6.06. The minimum Gasteiger partial charge on any atom is -0.494 e. The highest BCUT2D eigenvalue weighted by Crippen LogP contribution is 2.20. The van der Waals surface area contributed by atoms with Crippen LogP contribution in [-0.4, -0.2) is 25.1 Å². The SMILES string of the molecule is CCOc1ccc(C(=O)COC2CCCCCC2)cc1. The molecule has 0 N–H and O–H groups in total. The van der Waals surface area contributed by atoms with E-state index in [1.165, 1.54) is 25.7 Å². The Hall–Kier alpha value is -1.35. The van der Waals surface area contributed by atoms with Gasteiger partial charge in [0.15, 0.2) is 5.78 Å². The van der Waals surface area contributed by atoms with Crippen molar-refractivity contribution in [3.05, 3.63) is 29.8 Å². The largest absolute Gasteiger partial charge is 0.494 e. The van der Waals surface area contributed by atoms with Gasteiger partial charge in [0.25, 0.3) is 0 Å². The molecule has 2 rings (SSSR count). The van der Waals surface area contributed by atoms with Crippen molar-refractivity contribution in [1.82, 2.24) is 0 Å². The van der Waals surface area contributed by atoms with E-state index >= 15 is 0 Å². The lowest BCUT2D eigenvalue weighted by molar-refractivity contribution is 0.0389. The smallest absolute Gasteiger partial charge is 0.188 e. The summed E-state index contributed by atoms with van der Waals surface area (Å²) in [5.41, 5.74) is 0.696. The summed E-state index contributed by atoms with van der Waals surface area (Å²) in [7, 11) is 0. The molecule has 0 aromatic heterocycles. The van der Waals surface area contributed by atoms with Crippen molar-refractivity contribution in [2.45, 2.75) is 51.6 Å². The van der Waals surface area contributed by atoms with E-state index < -0.39 is 0 Å². The maximum absolute atomic E-state index is 12.1. The normalized spacial score (nSPS) is 16.6. The third kappa shape index (κ3) is 4.64. The van der Waals surface area contributed by atoms with Crippen molar-refractivity contribution in [3.63, 3.8) is 0 Å². The van der Waals surface area contributed by atoms with Crippen LogP contribution in [0.15, 0.2) is 24.3 Å². The molecule has 3 nitrogen and oxygen atoms in total. The van der Waals surface area contributed by atoms with Gasteiger partial charge in [0.05, 0.1) is 12.7 Å². The second kappa shape index (κ2) is 8.05. The number of hydrogen-bond acceptors (Lipinski definition) is 3. The Morgan fingerprint density at radius 3 is 2.35 bits per heavy atom. The van der Waals surface area contributed by atoms with E-state index in [9.17, 15) is 4.79 Å². The van der Waals surface area contributed by atoms with E-state index in [0.717, 1.165) is 18.6 Å². The molecular formula is C17H24O3. The fraction of sp³-hybridized carbons (Fsp3) is 0.588. The molecule has 0 aliphatic heterocycles. The summed E-state index contributed by atoms with van der Waals surface area (Å²) in [4.78, 5) is 12.1. The standard InChI is InChI=1S/C17H24O3/c1-2-19-16-11-9-14(10-12-16)17(18)13-20-15-7-5-3-4-6-8-15/h9-12,15H,2-8,13H2,1H3. The lowest BCUT2D eigenvalue weighted by atomic mass is 10.1. The van der Waals surface area contributed by atoms with Crippen LogP contribution in [-0.2, 0) is 4.74 Å². The third-order valence-corrected chi connectivity index (χ3v) is 3.74. The number of ketones is 1. The Labute approximate surface area is 121 Å². The summed E-state index contributed by atoms with van der Waals surface area (Å²) in [5.74, 6) is 0.853. The molecule has 3 heteroatoms. The predicted octanol–water partition coefficient (Wildman–Crippen LogP) is 4.01. The number of Topliss-reactive ketones (excluding diaryl/α,β-unsaturated/α-hetero) is 1. The van der Waals surface area contributed by atoms with Gasteiger partial charge in [-0.1, -0.05) is 25.7 Å². The van der Waals surface area contributed by atoms with Crippen LogP contribution in [0.3, 0.4) is 0 Å². The summed E-state index contributed by atoms with van der Waals surface area (Å²) in [6.45, 7) is 2.77. The van der Waals surface area contributed by atoms with Gasteiger partial charge in [-0.3, -0.25) is 4.79 Å². The highest BCUT2D eigenvalue weighted by Gasteiger charge is 2.15. The molecule has 20 heavy (non-hydrogen) atoms. The molecule has 0 spiro atoms. The molecule has 0 heterocycles. The summed E-state index contributed by atoms with van der Waals surface area (Å²) in [6, 6.07) is 7.29. The first-order chi connectivity index (χ1) is 9.79. The van der Waals surface area contributed by atoms with Crippen molar-refractivity contribution < 1.29 is 14.3 Å². The van der Waals surface area contributed by atoms with Gasteiger partial charge in [-0.05, 0) is 44.0 Å². The number of carbonyl (C=O) groups excluding carboxylic acids is 1. The number of ether oxygens (including phenoxy) is 2. The Morgan fingerprint density at radius 1 is 1.10 bits per heavy atom. The van der Waals surface area contributed by atoms with Crippen LogP contribution in [0.2, 0.25) is 0 Å². The zero-order chi connectivity index (χ0) is 14.2. The maximum atomic E-state index is 12.1. The van der Waals surface area contributed by atoms with Crippen LogP contribution in [0.1, 0.15) is 55.8 Å². The fourth-order valence-corrected chi connectivity index (χ4v) is 2.59. The maximum Gasteiger partial charge on any atom is 0.188 e. The molecule has 1 saturated carbocycles. The van der Waals surface area contributed by atoms with Gasteiger partial charge < -0.3 is 9.47 Å². The molecule has 0 amide bonds. The van der Waals surface area contributed by atoms with Gasteiger partial charge in [0.1, 0.15) is 12.4 Å². The third-order valence-electron chi connectivity index (χ3n) is 3.74. The van der Waals surface area contributed by atoms with Crippen molar-refractivity contribution in [3.8, 4) is 5.75 Å². The number of hydrogen-bond donors (Lipinski definition) is 0. The monoisotopic (exact) mass is 276 g/mol. The quantitative estimate of drug-likeness (QED) is 0.582. The Morgan fingerprint density at radius 2 is 1.75 bits per heavy atom. The molecule has 0 radical (unpaired) electrons. The summed E-state index contributed by atoms with van der Waals surface area (Å²) in [6.07, 6.45) is 7.50. The lowest BCUT2D eigenvalue weighted by Crippen LogP contribution is -2.18. The van der Waals surface area contributed by atoms with E-state index in [1.807, 2.05) is 31.2 Å². The average Bonchev–Trinajstić information content (AvgIpc) is 2.74. The topological polar surface area (TPSA) is 35.5 Å². The molecule has 1 fully saturated rings. The first kappa shape index (κ1) is 15.0. The Balaban J connectivity index is 1.81. The van der Waals surface area contributed by atoms with Crippen molar-refractivity contribution >= 4 is 5.78 Å². The van der Waals surface area contributed by atoms with Crippen LogP contribution >= 0.6 is 0 Å². The summed E-state index contributed by atoms with van der Waals surface area (Å²) in [5, 5.41) is 0. The first-order valence-corrected chi connectivity index (χ1v) is 7.67. The predicted molar refractivity (Wildman–Crippen MR) is 79.4 cm³/mol. The van der Waals surface area contributed by atoms with Crippen LogP contribution in [0.4, 0.5) is 0 Å². The van der Waals surface area contributed by atoms with Crippen molar-refractivity contribution in [2.24, 2.45) is 0 Å². The van der Waals surface area contributed by atoms with Crippen LogP contribution < -0.4 is 4.74 Å². The Bertz CT molecular complexity index is 403. The minimum atomic E-state index is 0.0531. The van der Waals surface area contributed by atoms with Gasteiger partial charge in [0.2, 0.25) is 0 Å². The van der Waals surface area contributed by atoms with E-state index in [1.54, 1.807) is 0 Å². The molecule has 0 saturated heterocycles. The number of carbonyl (C=O) groups is 1. The summed E-state index contributed by atoms with van der Waals surface area (Å²) >= 11 is 0. The molecule has 110 valence electrons. The van der Waals surface area contributed by atoms with Gasteiger partial charge in [0, 0.05) is 5.56 Å². The zero-order valence-electron chi connectivity index (χ0n) is 12.3. The average molecular weight is 276 g/mol. The minimum absolute atomic E-state index is 0.0531. The second-order valence-corrected chi connectivity index (χ2v) is 5.31. The van der Waals surface area contributed by atoms with Crippen LogP contribution in [0.5, 0.6) is 5.75 Å². The van der Waals surface area contributed by atoms with Crippen LogP contribution in [0, 0.1) is 0 Å². The lowest BCUT2D eigenvalue weighted by Gasteiger charge is -2.14. The van der Waals surface area contributed by atoms with E-state index in [0.29, 0.717) is 12.2 Å². The molecule has 1 aromatic rings. The molecule has 1 aliphatic rings. The highest BCUT2D eigenvalue weighted by atomic mass is 16.5. The van der Waals surface area contributed by atoms with Gasteiger partial charge in [-0.15, -0.1) is 0 Å². The van der Waals surface area contributed by atoms with Crippen molar-refractivity contribution in [1.29, 1.82) is 0 Å². The molecule has 1 aliphatic carbocycles. The van der Waals surface area contributed by atoms with E-state index in [-0.39, 0.29) is 18.5 Å². The summed E-state index contributed by atoms with van der Waals surface area (Å²) < 4.78 is 11.1. The molecule has 0 unspecified atom stereocenters.